The standard InChI is InChI=1S/C16H20N2O3/c1-3-6-15(17-12(2)16-9-5-10-21-16)13-7-4-8-14(11-13)18(19)20/h4-5,7-12,15,17H,3,6H2,1-2H3. The Morgan fingerprint density at radius 1 is 1.33 bits per heavy atom. The van der Waals surface area contributed by atoms with Crippen molar-refractivity contribution in [1.29, 1.82) is 0 Å². The largest absolute Gasteiger partial charge is 0.468 e. The van der Waals surface area contributed by atoms with Crippen molar-refractivity contribution >= 4 is 5.69 Å². The lowest BCUT2D eigenvalue weighted by molar-refractivity contribution is -0.384. The third-order valence-electron chi connectivity index (χ3n) is 3.48. The molecule has 0 saturated heterocycles. The topological polar surface area (TPSA) is 68.3 Å². The van der Waals surface area contributed by atoms with Gasteiger partial charge in [-0.25, -0.2) is 0 Å². The number of hydrogen-bond donors (Lipinski definition) is 1. The molecule has 0 bridgehead atoms. The average Bonchev–Trinajstić information content (AvgIpc) is 3.01. The van der Waals surface area contributed by atoms with E-state index in [-0.39, 0.29) is 22.7 Å². The number of benzene rings is 1. The zero-order valence-corrected chi connectivity index (χ0v) is 12.3. The summed E-state index contributed by atoms with van der Waals surface area (Å²) in [5, 5.41) is 14.4. The van der Waals surface area contributed by atoms with Crippen LogP contribution in [0.25, 0.3) is 0 Å². The maximum atomic E-state index is 10.9. The first-order chi connectivity index (χ1) is 10.1. The summed E-state index contributed by atoms with van der Waals surface area (Å²) in [4.78, 5) is 10.6. The van der Waals surface area contributed by atoms with E-state index in [9.17, 15) is 10.1 Å². The van der Waals surface area contributed by atoms with Crippen LogP contribution in [0.3, 0.4) is 0 Å². The first kappa shape index (κ1) is 15.3. The van der Waals surface area contributed by atoms with Crippen molar-refractivity contribution in [3.05, 3.63) is 64.1 Å². The Kier molecular flexibility index (Phi) is 5.11. The van der Waals surface area contributed by atoms with Gasteiger partial charge in [-0.2, -0.15) is 0 Å². The van der Waals surface area contributed by atoms with E-state index in [0.29, 0.717) is 0 Å². The maximum absolute atomic E-state index is 10.9. The van der Waals surface area contributed by atoms with Crippen LogP contribution >= 0.6 is 0 Å². The Bertz CT molecular complexity index is 581. The minimum Gasteiger partial charge on any atom is -0.468 e. The van der Waals surface area contributed by atoms with Crippen LogP contribution in [0, 0.1) is 10.1 Å². The molecule has 0 amide bonds. The SMILES string of the molecule is CCCC(NC(C)c1ccco1)c1cccc([N+](=O)[O-])c1. The molecule has 0 aliphatic carbocycles. The van der Waals surface area contributed by atoms with Crippen LogP contribution in [0.2, 0.25) is 0 Å². The zero-order valence-electron chi connectivity index (χ0n) is 12.3. The molecular formula is C16H20N2O3. The van der Waals surface area contributed by atoms with Crippen molar-refractivity contribution in [2.45, 2.75) is 38.8 Å². The second kappa shape index (κ2) is 7.04. The van der Waals surface area contributed by atoms with Crippen LogP contribution in [0.1, 0.15) is 50.1 Å². The second-order valence-electron chi connectivity index (χ2n) is 5.10. The molecule has 5 heteroatoms. The van der Waals surface area contributed by atoms with E-state index in [1.54, 1.807) is 18.4 Å². The molecule has 0 aliphatic heterocycles. The number of nitro groups is 1. The molecule has 2 atom stereocenters. The monoisotopic (exact) mass is 288 g/mol. The van der Waals surface area contributed by atoms with Crippen molar-refractivity contribution in [3.8, 4) is 0 Å². The fourth-order valence-corrected chi connectivity index (χ4v) is 2.41. The van der Waals surface area contributed by atoms with Gasteiger partial charge in [0.15, 0.2) is 0 Å². The van der Waals surface area contributed by atoms with Crippen molar-refractivity contribution in [2.75, 3.05) is 0 Å². The van der Waals surface area contributed by atoms with E-state index in [1.165, 1.54) is 6.07 Å². The van der Waals surface area contributed by atoms with Crippen LogP contribution in [0.5, 0.6) is 0 Å². The van der Waals surface area contributed by atoms with Gasteiger partial charge in [0.25, 0.3) is 5.69 Å². The van der Waals surface area contributed by atoms with Gasteiger partial charge in [-0.15, -0.1) is 0 Å². The number of non-ortho nitro benzene ring substituents is 1. The van der Waals surface area contributed by atoms with Crippen LogP contribution in [-0.4, -0.2) is 4.92 Å². The molecule has 2 rings (SSSR count). The number of nitrogens with one attached hydrogen (secondary N) is 1. The van der Waals surface area contributed by atoms with Gasteiger partial charge in [0.05, 0.1) is 17.2 Å². The highest BCUT2D eigenvalue weighted by Crippen LogP contribution is 2.26. The normalized spacial score (nSPS) is 13.8. The van der Waals surface area contributed by atoms with Gasteiger partial charge in [0.2, 0.25) is 0 Å². The van der Waals surface area contributed by atoms with Gasteiger partial charge in [0, 0.05) is 18.2 Å². The predicted octanol–water partition coefficient (Wildman–Crippen LogP) is 4.38. The minimum absolute atomic E-state index is 0.0517. The molecule has 1 N–H and O–H groups in total. The maximum Gasteiger partial charge on any atom is 0.269 e. The van der Waals surface area contributed by atoms with Crippen LogP contribution in [-0.2, 0) is 0 Å². The molecule has 0 fully saturated rings. The average molecular weight is 288 g/mol. The molecule has 2 aromatic rings. The summed E-state index contributed by atoms with van der Waals surface area (Å²) in [6.07, 6.45) is 3.55. The van der Waals surface area contributed by atoms with E-state index in [2.05, 4.69) is 12.2 Å². The molecule has 1 aromatic carbocycles. The van der Waals surface area contributed by atoms with Gasteiger partial charge in [-0.1, -0.05) is 25.5 Å². The van der Waals surface area contributed by atoms with E-state index in [0.717, 1.165) is 24.2 Å². The number of nitrogens with zero attached hydrogens (tertiary/aromatic N) is 1. The van der Waals surface area contributed by atoms with E-state index in [4.69, 9.17) is 4.42 Å². The summed E-state index contributed by atoms with van der Waals surface area (Å²) in [5.41, 5.74) is 1.06. The van der Waals surface area contributed by atoms with Crippen molar-refractivity contribution < 1.29 is 9.34 Å². The molecule has 0 spiro atoms. The molecule has 21 heavy (non-hydrogen) atoms. The quantitative estimate of drug-likeness (QED) is 0.606. The summed E-state index contributed by atoms with van der Waals surface area (Å²) in [6, 6.07) is 10.7. The Labute approximate surface area is 124 Å². The summed E-state index contributed by atoms with van der Waals surface area (Å²) in [5.74, 6) is 0.863. The fourth-order valence-electron chi connectivity index (χ4n) is 2.41. The van der Waals surface area contributed by atoms with Crippen LogP contribution < -0.4 is 5.32 Å². The van der Waals surface area contributed by atoms with Crippen LogP contribution in [0.4, 0.5) is 5.69 Å². The van der Waals surface area contributed by atoms with Gasteiger partial charge in [-0.3, -0.25) is 10.1 Å². The number of hydrogen-bond acceptors (Lipinski definition) is 4. The van der Waals surface area contributed by atoms with Crippen molar-refractivity contribution in [3.63, 3.8) is 0 Å². The number of nitro benzene ring substituents is 1. The Morgan fingerprint density at radius 3 is 2.76 bits per heavy atom. The smallest absolute Gasteiger partial charge is 0.269 e. The number of furan rings is 1. The molecule has 0 radical (unpaired) electrons. The highest BCUT2D eigenvalue weighted by molar-refractivity contribution is 5.36. The highest BCUT2D eigenvalue weighted by Gasteiger charge is 2.18. The van der Waals surface area contributed by atoms with E-state index in [1.807, 2.05) is 25.1 Å². The van der Waals surface area contributed by atoms with E-state index >= 15 is 0 Å². The third-order valence-corrected chi connectivity index (χ3v) is 3.48. The first-order valence-electron chi connectivity index (χ1n) is 7.15. The molecule has 112 valence electrons. The Balaban J connectivity index is 2.18. The summed E-state index contributed by atoms with van der Waals surface area (Å²) >= 11 is 0. The summed E-state index contributed by atoms with van der Waals surface area (Å²) in [7, 11) is 0. The molecule has 0 saturated carbocycles. The summed E-state index contributed by atoms with van der Waals surface area (Å²) < 4.78 is 5.40. The first-order valence-corrected chi connectivity index (χ1v) is 7.15. The Hall–Kier alpha value is -2.14. The van der Waals surface area contributed by atoms with Gasteiger partial charge in [-0.05, 0) is 31.0 Å². The predicted molar refractivity (Wildman–Crippen MR) is 81.0 cm³/mol. The van der Waals surface area contributed by atoms with E-state index < -0.39 is 0 Å². The summed E-state index contributed by atoms with van der Waals surface area (Å²) in [6.45, 7) is 4.13. The lowest BCUT2D eigenvalue weighted by Crippen LogP contribution is -2.24. The zero-order chi connectivity index (χ0) is 15.2. The third kappa shape index (κ3) is 3.92. The Morgan fingerprint density at radius 2 is 2.14 bits per heavy atom. The lowest BCUT2D eigenvalue weighted by Gasteiger charge is -2.22. The van der Waals surface area contributed by atoms with Crippen molar-refractivity contribution in [1.82, 2.24) is 5.32 Å². The molecule has 2 unspecified atom stereocenters. The van der Waals surface area contributed by atoms with Gasteiger partial charge < -0.3 is 9.73 Å². The van der Waals surface area contributed by atoms with Crippen molar-refractivity contribution in [2.24, 2.45) is 0 Å². The minimum atomic E-state index is -0.359. The fraction of sp³-hybridized carbons (Fsp3) is 0.375. The second-order valence-corrected chi connectivity index (χ2v) is 5.10. The highest BCUT2D eigenvalue weighted by atomic mass is 16.6. The molecule has 1 heterocycles. The van der Waals surface area contributed by atoms with Gasteiger partial charge in [0.1, 0.15) is 5.76 Å². The van der Waals surface area contributed by atoms with Gasteiger partial charge >= 0.3 is 0 Å². The molecule has 1 aromatic heterocycles. The van der Waals surface area contributed by atoms with Crippen LogP contribution in [0.15, 0.2) is 47.1 Å². The number of rotatable bonds is 7. The molecule has 0 aliphatic rings. The lowest BCUT2D eigenvalue weighted by atomic mass is 10.0. The molecule has 5 nitrogen and oxygen atoms in total. The molecular weight excluding hydrogens is 268 g/mol.